The SMILES string of the molecule is CC/C=C\C/C=C\C/C=C\CCCCCC(=O)NC(COC1OC(CO)C(OC2OC(CO)C(OC3OC(CO)C(O)C(O)C3O)C(O)C2O)C(O)C1O)C(O)/C=C/CC/C=C/CC/C=C/CCCCCCC. The Balaban J connectivity index is 1.58. The van der Waals surface area contributed by atoms with Gasteiger partial charge in [-0.15, -0.1) is 0 Å². The van der Waals surface area contributed by atoms with E-state index >= 15 is 0 Å². The molecule has 0 aromatic carbocycles. The lowest BCUT2D eigenvalue weighted by Gasteiger charge is -2.48. The number of rotatable bonds is 36. The van der Waals surface area contributed by atoms with Crippen LogP contribution in [0.1, 0.15) is 129 Å². The van der Waals surface area contributed by atoms with Crippen molar-refractivity contribution in [3.05, 3.63) is 72.9 Å². The van der Waals surface area contributed by atoms with E-state index in [2.05, 4.69) is 79.9 Å². The minimum atomic E-state index is -1.99. The molecule has 3 saturated heterocycles. The van der Waals surface area contributed by atoms with Gasteiger partial charge < -0.3 is 89.9 Å². The molecule has 17 unspecified atom stereocenters. The summed E-state index contributed by atoms with van der Waals surface area (Å²) in [7, 11) is 0. The molecule has 0 aromatic rings. The van der Waals surface area contributed by atoms with Crippen LogP contribution in [0.15, 0.2) is 72.9 Å². The summed E-state index contributed by atoms with van der Waals surface area (Å²) in [5, 5.41) is 120. The van der Waals surface area contributed by atoms with E-state index in [4.69, 9.17) is 28.4 Å². The van der Waals surface area contributed by atoms with Crippen molar-refractivity contribution in [2.24, 2.45) is 0 Å². The first-order chi connectivity index (χ1) is 35.3. The highest BCUT2D eigenvalue weighted by atomic mass is 16.8. The molecule has 0 spiro atoms. The fourth-order valence-corrected chi connectivity index (χ4v) is 8.53. The second-order valence-corrected chi connectivity index (χ2v) is 18.9. The van der Waals surface area contributed by atoms with Gasteiger partial charge in [0.2, 0.25) is 5.91 Å². The number of carbonyl (C=O) groups excluding carboxylic acids is 1. The minimum absolute atomic E-state index is 0.192. The van der Waals surface area contributed by atoms with Gasteiger partial charge >= 0.3 is 0 Å². The number of amides is 1. The minimum Gasteiger partial charge on any atom is -0.394 e. The third-order valence-corrected chi connectivity index (χ3v) is 13.0. The molecule has 3 aliphatic heterocycles. The predicted molar refractivity (Wildman–Crippen MR) is 272 cm³/mol. The smallest absolute Gasteiger partial charge is 0.220 e. The highest BCUT2D eigenvalue weighted by Gasteiger charge is 2.53. The van der Waals surface area contributed by atoms with E-state index in [0.717, 1.165) is 64.2 Å². The third-order valence-electron chi connectivity index (χ3n) is 13.0. The highest BCUT2D eigenvalue weighted by Crippen LogP contribution is 2.33. The van der Waals surface area contributed by atoms with E-state index < -0.39 is 124 Å². The van der Waals surface area contributed by atoms with E-state index in [9.17, 15) is 61.0 Å². The largest absolute Gasteiger partial charge is 0.394 e. The molecule has 0 radical (unpaired) electrons. The first kappa shape index (κ1) is 64.5. The van der Waals surface area contributed by atoms with Crippen LogP contribution in [0.2, 0.25) is 0 Å². The van der Waals surface area contributed by atoms with E-state index in [1.54, 1.807) is 6.08 Å². The maximum Gasteiger partial charge on any atom is 0.220 e. The maximum absolute atomic E-state index is 13.2. The molecule has 0 saturated carbocycles. The van der Waals surface area contributed by atoms with Crippen LogP contribution in [0.4, 0.5) is 0 Å². The number of aliphatic hydroxyl groups is 11. The third kappa shape index (κ3) is 23.2. The molecule has 3 heterocycles. The molecule has 3 aliphatic rings. The molecule has 19 nitrogen and oxygen atoms in total. The Morgan fingerprint density at radius 2 is 0.959 bits per heavy atom. The first-order valence-corrected chi connectivity index (χ1v) is 26.7. The lowest BCUT2D eigenvalue weighted by Crippen LogP contribution is -2.66. The standard InChI is InChI=1S/C54H91NO18/c1-3-5-7-9-11-13-15-17-18-20-21-23-25-27-29-31-38(59)37(55-42(60)32-30-28-26-24-22-19-16-14-12-10-8-6-4-2)36-68-52-48(66)45(63)50(40(34-57)70-52)73-54-49(67)46(64)51(41(35-58)71-54)72-53-47(65)44(62)43(61)39(33-56)69-53/h6,8,12,14-15,17,19,21-23,29,31,37-41,43-54,56-59,61-67H,3-5,7,9-11,13,16,18,20,24-28,30,32-36H2,1-2H3,(H,55,60)/b8-6-,14-12-,17-15+,22-19-,23-21+,31-29+. The van der Waals surface area contributed by atoms with E-state index in [1.165, 1.54) is 32.1 Å². The molecule has 0 bridgehead atoms. The summed E-state index contributed by atoms with van der Waals surface area (Å²) in [6, 6.07) is -1.01. The zero-order chi connectivity index (χ0) is 53.4. The second-order valence-electron chi connectivity index (χ2n) is 18.9. The van der Waals surface area contributed by atoms with Gasteiger partial charge in [-0.3, -0.25) is 4.79 Å². The zero-order valence-corrected chi connectivity index (χ0v) is 43.1. The summed E-state index contributed by atoms with van der Waals surface area (Å²) in [5.41, 5.74) is 0. The van der Waals surface area contributed by atoms with Gasteiger partial charge in [-0.05, 0) is 77.0 Å². The number of nitrogens with one attached hydrogen (secondary N) is 1. The lowest BCUT2D eigenvalue weighted by atomic mass is 9.96. The van der Waals surface area contributed by atoms with Gasteiger partial charge in [-0.1, -0.05) is 119 Å². The van der Waals surface area contributed by atoms with E-state index in [0.29, 0.717) is 12.8 Å². The molecule has 3 fully saturated rings. The van der Waals surface area contributed by atoms with Crippen LogP contribution in [-0.2, 0) is 33.2 Å². The van der Waals surface area contributed by atoms with Gasteiger partial charge in [0.25, 0.3) is 0 Å². The summed E-state index contributed by atoms with van der Waals surface area (Å²) in [6.45, 7) is 1.49. The Hall–Kier alpha value is -2.77. The Morgan fingerprint density at radius 3 is 1.52 bits per heavy atom. The maximum atomic E-state index is 13.2. The summed E-state index contributed by atoms with van der Waals surface area (Å²) < 4.78 is 34.1. The van der Waals surface area contributed by atoms with Gasteiger partial charge in [0.15, 0.2) is 18.9 Å². The Kier molecular flexibility index (Phi) is 33.5. The number of allylic oxidation sites excluding steroid dienone is 11. The van der Waals surface area contributed by atoms with Crippen LogP contribution < -0.4 is 5.32 Å². The summed E-state index contributed by atoms with van der Waals surface area (Å²) in [4.78, 5) is 13.2. The van der Waals surface area contributed by atoms with Crippen molar-refractivity contribution in [1.82, 2.24) is 5.32 Å². The number of carbonyl (C=O) groups is 1. The number of unbranched alkanes of at least 4 members (excludes halogenated alkanes) is 10. The number of hydrogen-bond donors (Lipinski definition) is 12. The predicted octanol–water partition coefficient (Wildman–Crippen LogP) is 2.70. The monoisotopic (exact) mass is 1040 g/mol. The molecule has 73 heavy (non-hydrogen) atoms. The summed E-state index contributed by atoms with van der Waals surface area (Å²) in [5.74, 6) is -0.325. The Labute approximate surface area is 432 Å². The van der Waals surface area contributed by atoms with Crippen molar-refractivity contribution in [2.75, 3.05) is 26.4 Å². The van der Waals surface area contributed by atoms with Gasteiger partial charge in [0, 0.05) is 6.42 Å². The zero-order valence-electron chi connectivity index (χ0n) is 43.1. The highest BCUT2D eigenvalue weighted by molar-refractivity contribution is 5.76. The van der Waals surface area contributed by atoms with E-state index in [-0.39, 0.29) is 18.9 Å². The van der Waals surface area contributed by atoms with Crippen LogP contribution in [-0.4, -0.2) is 193 Å². The van der Waals surface area contributed by atoms with Crippen LogP contribution in [0.3, 0.4) is 0 Å². The van der Waals surface area contributed by atoms with Crippen molar-refractivity contribution < 1.29 is 89.4 Å². The van der Waals surface area contributed by atoms with Crippen LogP contribution in [0, 0.1) is 0 Å². The molecule has 1 amide bonds. The Bertz CT molecular complexity index is 1620. The number of aliphatic hydroxyl groups excluding tert-OH is 11. The molecule has 0 aromatic heterocycles. The van der Waals surface area contributed by atoms with Crippen LogP contribution >= 0.6 is 0 Å². The number of ether oxygens (including phenoxy) is 6. The van der Waals surface area contributed by atoms with Crippen molar-refractivity contribution in [1.29, 1.82) is 0 Å². The van der Waals surface area contributed by atoms with Crippen LogP contribution in [0.5, 0.6) is 0 Å². The molecule has 12 N–H and O–H groups in total. The fraction of sp³-hybridized carbons (Fsp3) is 0.759. The van der Waals surface area contributed by atoms with Crippen molar-refractivity contribution in [2.45, 2.75) is 234 Å². The van der Waals surface area contributed by atoms with E-state index in [1.807, 2.05) is 6.08 Å². The van der Waals surface area contributed by atoms with Gasteiger partial charge in [-0.25, -0.2) is 0 Å². The summed E-state index contributed by atoms with van der Waals surface area (Å²) in [6.07, 6.45) is 14.8. The van der Waals surface area contributed by atoms with Crippen LogP contribution in [0.25, 0.3) is 0 Å². The average molecular weight is 1040 g/mol. The van der Waals surface area contributed by atoms with Crippen molar-refractivity contribution >= 4 is 5.91 Å². The molecular weight excluding hydrogens is 951 g/mol. The molecule has 0 aliphatic carbocycles. The van der Waals surface area contributed by atoms with Crippen molar-refractivity contribution in [3.8, 4) is 0 Å². The molecular formula is C54H91NO18. The second kappa shape index (κ2) is 37.9. The molecule has 19 heteroatoms. The van der Waals surface area contributed by atoms with Gasteiger partial charge in [0.05, 0.1) is 38.6 Å². The van der Waals surface area contributed by atoms with Crippen molar-refractivity contribution in [3.63, 3.8) is 0 Å². The normalized spacial score (nSPS) is 32.3. The number of hydrogen-bond acceptors (Lipinski definition) is 18. The van der Waals surface area contributed by atoms with Gasteiger partial charge in [-0.2, -0.15) is 0 Å². The first-order valence-electron chi connectivity index (χ1n) is 26.7. The summed E-state index contributed by atoms with van der Waals surface area (Å²) >= 11 is 0. The lowest BCUT2D eigenvalue weighted by molar-refractivity contribution is -0.379. The molecule has 3 rings (SSSR count). The van der Waals surface area contributed by atoms with Gasteiger partial charge in [0.1, 0.15) is 73.2 Å². The molecule has 17 atom stereocenters. The quantitative estimate of drug-likeness (QED) is 0.0317. The average Bonchev–Trinajstić information content (AvgIpc) is 3.39. The Morgan fingerprint density at radius 1 is 0.507 bits per heavy atom. The topological polar surface area (TPSA) is 307 Å². The fourth-order valence-electron chi connectivity index (χ4n) is 8.53. The molecule has 420 valence electrons.